The van der Waals surface area contributed by atoms with Gasteiger partial charge in [-0.15, -0.1) is 0 Å². The Hall–Kier alpha value is -2.34. The molecule has 1 fully saturated rings. The molecule has 0 bridgehead atoms. The lowest BCUT2D eigenvalue weighted by atomic mass is 9.64. The fourth-order valence-corrected chi connectivity index (χ4v) is 4.15. The summed E-state index contributed by atoms with van der Waals surface area (Å²) in [6.45, 7) is 11.5. The molecule has 0 spiro atoms. The average molecular weight is 415 g/mol. The summed E-state index contributed by atoms with van der Waals surface area (Å²) in [5, 5.41) is 7.45. The maximum Gasteiger partial charge on any atom is 0.229 e. The molecule has 5 nitrogen and oxygen atoms in total. The third kappa shape index (κ3) is 4.81. The smallest absolute Gasteiger partial charge is 0.229 e. The number of nitrogens with zero attached hydrogens (tertiary/aromatic N) is 1. The molecule has 0 saturated heterocycles. The van der Waals surface area contributed by atoms with Crippen molar-refractivity contribution in [2.75, 3.05) is 18.5 Å². The molecule has 1 saturated carbocycles. The zero-order valence-corrected chi connectivity index (χ0v) is 18.6. The minimum atomic E-state index is 0.415. The monoisotopic (exact) mass is 414 g/mol. The molecule has 3 unspecified atom stereocenters. The lowest BCUT2D eigenvalue weighted by molar-refractivity contribution is 0.187. The maximum absolute atomic E-state index is 5.75. The first kappa shape index (κ1) is 21.4. The van der Waals surface area contributed by atoms with Crippen molar-refractivity contribution in [1.29, 1.82) is 0 Å². The number of hydrogen-bond donors (Lipinski definition) is 1. The molecule has 0 radical (unpaired) electrons. The first-order chi connectivity index (χ1) is 13.9. The fourth-order valence-electron chi connectivity index (χ4n) is 3.85. The first-order valence-corrected chi connectivity index (χ1v) is 10.7. The molecule has 1 aliphatic carbocycles. The number of nitrogens with one attached hydrogen (secondary N) is 1. The summed E-state index contributed by atoms with van der Waals surface area (Å²) in [7, 11) is 0. The number of aromatic nitrogens is 1. The van der Waals surface area contributed by atoms with Crippen molar-refractivity contribution < 1.29 is 14.0 Å². The number of allylic oxidation sites excluding steroid dienone is 2. The van der Waals surface area contributed by atoms with E-state index in [0.717, 1.165) is 17.7 Å². The van der Waals surface area contributed by atoms with Crippen LogP contribution in [0.4, 0.5) is 5.88 Å². The van der Waals surface area contributed by atoms with Crippen LogP contribution >= 0.6 is 12.2 Å². The van der Waals surface area contributed by atoms with E-state index in [2.05, 4.69) is 37.3 Å². The van der Waals surface area contributed by atoms with Crippen LogP contribution in [-0.4, -0.2) is 23.4 Å². The molecule has 1 aromatic heterocycles. The zero-order chi connectivity index (χ0) is 21.0. The summed E-state index contributed by atoms with van der Waals surface area (Å²) < 4.78 is 17.0. The summed E-state index contributed by atoms with van der Waals surface area (Å²) in [6, 6.07) is 7.63. The number of hydrogen-bond acceptors (Lipinski definition) is 5. The van der Waals surface area contributed by atoms with Gasteiger partial charge in [0.05, 0.1) is 24.5 Å². The number of anilines is 1. The molecule has 1 aliphatic rings. The maximum atomic E-state index is 5.75. The van der Waals surface area contributed by atoms with Gasteiger partial charge in [-0.1, -0.05) is 42.0 Å². The summed E-state index contributed by atoms with van der Waals surface area (Å²) in [5.74, 6) is 3.50. The molecule has 1 N–H and O–H groups in total. The zero-order valence-electron chi connectivity index (χ0n) is 17.8. The molecule has 2 aromatic rings. The minimum Gasteiger partial charge on any atom is -0.493 e. The van der Waals surface area contributed by atoms with E-state index < -0.39 is 0 Å². The van der Waals surface area contributed by atoms with Crippen LogP contribution < -0.4 is 14.8 Å². The molecular formula is C23H30N2O3S. The van der Waals surface area contributed by atoms with Gasteiger partial charge in [-0.25, -0.2) is 0 Å². The molecule has 1 aromatic carbocycles. The molecule has 3 atom stereocenters. The Morgan fingerprint density at radius 3 is 2.45 bits per heavy atom. The molecule has 0 aliphatic heterocycles. The highest BCUT2D eigenvalue weighted by Gasteiger charge is 2.39. The van der Waals surface area contributed by atoms with Crippen molar-refractivity contribution in [2.45, 2.75) is 47.0 Å². The Balaban J connectivity index is 1.74. The third-order valence-electron chi connectivity index (χ3n) is 5.34. The van der Waals surface area contributed by atoms with Crippen LogP contribution in [0.25, 0.3) is 0 Å². The summed E-state index contributed by atoms with van der Waals surface area (Å²) in [5.41, 5.74) is 3.07. The standard InChI is InChI=1S/C23H30N2O3S/c1-6-26-19-9-8-10-20(27-7-2)22(19)23(29)24-21-13-18(25-28-21)17-12-16(15(17)5)11-14(3)4/h8-11,13,15-17H,6-7,12H2,1-5H3,(H,24,29). The highest BCUT2D eigenvalue weighted by atomic mass is 32.1. The van der Waals surface area contributed by atoms with Crippen molar-refractivity contribution in [3.63, 3.8) is 0 Å². The van der Waals surface area contributed by atoms with Crippen LogP contribution in [0.2, 0.25) is 0 Å². The Morgan fingerprint density at radius 1 is 1.24 bits per heavy atom. The van der Waals surface area contributed by atoms with E-state index in [1.807, 2.05) is 38.1 Å². The van der Waals surface area contributed by atoms with Gasteiger partial charge in [-0.05, 0) is 58.1 Å². The van der Waals surface area contributed by atoms with E-state index in [9.17, 15) is 0 Å². The second-order valence-electron chi connectivity index (χ2n) is 7.67. The van der Waals surface area contributed by atoms with E-state index in [4.69, 9.17) is 26.2 Å². The Kier molecular flexibility index (Phi) is 6.96. The van der Waals surface area contributed by atoms with Crippen LogP contribution in [0.3, 0.4) is 0 Å². The minimum absolute atomic E-state index is 0.415. The quantitative estimate of drug-likeness (QED) is 0.424. The Morgan fingerprint density at radius 2 is 1.90 bits per heavy atom. The van der Waals surface area contributed by atoms with Crippen LogP contribution in [0, 0.1) is 11.8 Å². The predicted octanol–water partition coefficient (Wildman–Crippen LogP) is 5.97. The Labute approximate surface area is 178 Å². The Bertz CT molecular complexity index is 862. The molecule has 29 heavy (non-hydrogen) atoms. The topological polar surface area (TPSA) is 56.5 Å². The van der Waals surface area contributed by atoms with Crippen molar-refractivity contribution in [3.05, 3.63) is 47.2 Å². The second kappa shape index (κ2) is 9.44. The molecule has 1 heterocycles. The van der Waals surface area contributed by atoms with Gasteiger partial charge in [0, 0.05) is 12.0 Å². The molecule has 0 amide bonds. The van der Waals surface area contributed by atoms with Gasteiger partial charge < -0.3 is 19.3 Å². The van der Waals surface area contributed by atoms with E-state index in [1.165, 1.54) is 5.57 Å². The molecule has 6 heteroatoms. The van der Waals surface area contributed by atoms with Crippen molar-refractivity contribution >= 4 is 23.1 Å². The van der Waals surface area contributed by atoms with Gasteiger partial charge in [-0.2, -0.15) is 0 Å². The van der Waals surface area contributed by atoms with Crippen molar-refractivity contribution in [3.8, 4) is 11.5 Å². The van der Waals surface area contributed by atoms with Gasteiger partial charge in [-0.3, -0.25) is 0 Å². The van der Waals surface area contributed by atoms with Crippen LogP contribution in [-0.2, 0) is 0 Å². The van der Waals surface area contributed by atoms with Gasteiger partial charge in [0.25, 0.3) is 0 Å². The van der Waals surface area contributed by atoms with Gasteiger partial charge in [0.1, 0.15) is 16.5 Å². The lowest BCUT2D eigenvalue weighted by Crippen LogP contribution is -2.31. The van der Waals surface area contributed by atoms with Crippen molar-refractivity contribution in [2.24, 2.45) is 11.8 Å². The largest absolute Gasteiger partial charge is 0.493 e. The summed E-state index contributed by atoms with van der Waals surface area (Å²) >= 11 is 5.65. The number of benzene rings is 1. The van der Waals surface area contributed by atoms with Crippen LogP contribution in [0.15, 0.2) is 40.4 Å². The predicted molar refractivity (Wildman–Crippen MR) is 120 cm³/mol. The molecule has 3 rings (SSSR count). The third-order valence-corrected chi connectivity index (χ3v) is 5.65. The van der Waals surface area contributed by atoms with Gasteiger partial charge >= 0.3 is 0 Å². The summed E-state index contributed by atoms with van der Waals surface area (Å²) in [6.07, 6.45) is 3.46. The molecule has 156 valence electrons. The van der Waals surface area contributed by atoms with Crippen LogP contribution in [0.1, 0.15) is 58.2 Å². The van der Waals surface area contributed by atoms with Crippen LogP contribution in [0.5, 0.6) is 11.5 Å². The normalized spacial score (nSPS) is 20.5. The SMILES string of the molecule is CCOc1cccc(OCC)c1C(=S)Nc1cc(C2CC(C=C(C)C)C2C)no1. The number of rotatable bonds is 8. The van der Waals surface area contributed by atoms with E-state index in [0.29, 0.717) is 53.3 Å². The van der Waals surface area contributed by atoms with E-state index in [1.54, 1.807) is 0 Å². The number of ether oxygens (including phenoxy) is 2. The van der Waals surface area contributed by atoms with Gasteiger partial charge in [0.15, 0.2) is 0 Å². The van der Waals surface area contributed by atoms with Gasteiger partial charge in [0.2, 0.25) is 5.88 Å². The van der Waals surface area contributed by atoms with E-state index in [-0.39, 0.29) is 0 Å². The molecular weight excluding hydrogens is 384 g/mol. The van der Waals surface area contributed by atoms with Crippen molar-refractivity contribution in [1.82, 2.24) is 5.16 Å². The highest BCUT2D eigenvalue weighted by molar-refractivity contribution is 7.81. The first-order valence-electron chi connectivity index (χ1n) is 10.3. The lowest BCUT2D eigenvalue weighted by Gasteiger charge is -2.40. The second-order valence-corrected chi connectivity index (χ2v) is 8.08. The van der Waals surface area contributed by atoms with E-state index >= 15 is 0 Å². The highest BCUT2D eigenvalue weighted by Crippen LogP contribution is 2.48. The fraction of sp³-hybridized carbons (Fsp3) is 0.478. The average Bonchev–Trinajstić information content (AvgIpc) is 3.12. The number of thiocarbonyl (C=S) groups is 1. The summed E-state index contributed by atoms with van der Waals surface area (Å²) in [4.78, 5) is 0.490.